The van der Waals surface area contributed by atoms with Gasteiger partial charge < -0.3 is 4.40 Å². The van der Waals surface area contributed by atoms with Gasteiger partial charge in [0.15, 0.2) is 0 Å². The normalized spacial score (nSPS) is 18.5. The first kappa shape index (κ1) is 12.7. The zero-order valence-corrected chi connectivity index (χ0v) is 11.8. The van der Waals surface area contributed by atoms with Gasteiger partial charge in [-0.25, -0.2) is 4.98 Å². The predicted molar refractivity (Wildman–Crippen MR) is 79.5 cm³/mol. The van der Waals surface area contributed by atoms with E-state index in [9.17, 15) is 0 Å². The number of nitrogens with zero attached hydrogens (tertiary/aromatic N) is 2. The van der Waals surface area contributed by atoms with Crippen LogP contribution < -0.4 is 0 Å². The predicted octanol–water partition coefficient (Wildman–Crippen LogP) is 4.55. The molecule has 0 atom stereocenters. The van der Waals surface area contributed by atoms with Crippen molar-refractivity contribution in [3.63, 3.8) is 0 Å². The van der Waals surface area contributed by atoms with Gasteiger partial charge in [-0.1, -0.05) is 44.6 Å². The number of hydrogen-bond donors (Lipinski definition) is 0. The van der Waals surface area contributed by atoms with Crippen LogP contribution in [0.4, 0.5) is 0 Å². The van der Waals surface area contributed by atoms with E-state index < -0.39 is 0 Å². The van der Waals surface area contributed by atoms with Crippen molar-refractivity contribution >= 4 is 5.65 Å². The Hall–Kier alpha value is -1.31. The Morgan fingerprint density at radius 1 is 0.789 bits per heavy atom. The van der Waals surface area contributed by atoms with E-state index in [1.165, 1.54) is 69.2 Å². The minimum Gasteiger partial charge on any atom is -0.304 e. The molecule has 0 saturated heterocycles. The molecular weight excluding hydrogens is 232 g/mol. The monoisotopic (exact) mass is 256 g/mol. The summed E-state index contributed by atoms with van der Waals surface area (Å²) in [5.74, 6) is 0. The second-order valence-electron chi connectivity index (χ2n) is 5.76. The summed E-state index contributed by atoms with van der Waals surface area (Å²) in [4.78, 5) is 4.84. The van der Waals surface area contributed by atoms with Crippen LogP contribution in [0, 0.1) is 0 Å². The number of hydrogen-bond acceptors (Lipinski definition) is 1. The highest BCUT2D eigenvalue weighted by Crippen LogP contribution is 2.20. The van der Waals surface area contributed by atoms with E-state index >= 15 is 0 Å². The highest BCUT2D eigenvalue weighted by atomic mass is 15.0. The number of fused-ring (bicyclic) bond motifs is 3. The van der Waals surface area contributed by atoms with Gasteiger partial charge in [0.2, 0.25) is 0 Å². The summed E-state index contributed by atoms with van der Waals surface area (Å²) in [6.45, 7) is 0. The topological polar surface area (TPSA) is 17.3 Å². The molecule has 0 N–H and O–H groups in total. The summed E-state index contributed by atoms with van der Waals surface area (Å²) in [7, 11) is 0. The molecule has 19 heavy (non-hydrogen) atoms. The van der Waals surface area contributed by atoms with Crippen LogP contribution in [0.15, 0.2) is 24.4 Å². The number of imidazole rings is 1. The van der Waals surface area contributed by atoms with Crippen LogP contribution in [0.2, 0.25) is 0 Å². The van der Waals surface area contributed by atoms with E-state index in [0.717, 1.165) is 12.1 Å². The van der Waals surface area contributed by atoms with Gasteiger partial charge >= 0.3 is 0 Å². The lowest BCUT2D eigenvalue weighted by Gasteiger charge is -2.08. The van der Waals surface area contributed by atoms with E-state index in [1.54, 1.807) is 0 Å². The van der Waals surface area contributed by atoms with Crippen LogP contribution in [0.5, 0.6) is 0 Å². The maximum Gasteiger partial charge on any atom is 0.137 e. The van der Waals surface area contributed by atoms with Gasteiger partial charge in [-0.2, -0.15) is 0 Å². The highest BCUT2D eigenvalue weighted by Gasteiger charge is 2.11. The van der Waals surface area contributed by atoms with E-state index in [4.69, 9.17) is 4.98 Å². The van der Waals surface area contributed by atoms with Gasteiger partial charge in [0.1, 0.15) is 5.65 Å². The van der Waals surface area contributed by atoms with E-state index in [0.29, 0.717) is 0 Å². The van der Waals surface area contributed by atoms with Crippen molar-refractivity contribution in [3.8, 4) is 0 Å². The molecule has 2 heteroatoms. The Morgan fingerprint density at radius 3 is 2.26 bits per heavy atom. The zero-order chi connectivity index (χ0) is 12.9. The van der Waals surface area contributed by atoms with Crippen LogP contribution in [-0.2, 0) is 12.8 Å². The quantitative estimate of drug-likeness (QED) is 0.675. The molecule has 2 heterocycles. The van der Waals surface area contributed by atoms with Gasteiger partial charge in [-0.05, 0) is 37.8 Å². The van der Waals surface area contributed by atoms with Crippen LogP contribution in [0.3, 0.4) is 0 Å². The van der Waals surface area contributed by atoms with Gasteiger partial charge in [-0.3, -0.25) is 0 Å². The summed E-state index contributed by atoms with van der Waals surface area (Å²) in [6, 6.07) is 6.33. The average Bonchev–Trinajstić information content (AvgIpc) is 2.77. The van der Waals surface area contributed by atoms with E-state index in [2.05, 4.69) is 28.8 Å². The molecule has 0 aromatic carbocycles. The van der Waals surface area contributed by atoms with Crippen LogP contribution in [0.1, 0.15) is 62.8 Å². The third-order valence-corrected chi connectivity index (χ3v) is 4.29. The molecule has 0 fully saturated rings. The molecule has 0 saturated carbocycles. The summed E-state index contributed by atoms with van der Waals surface area (Å²) in [5.41, 5.74) is 3.95. The molecule has 1 aliphatic carbocycles. The van der Waals surface area contributed by atoms with Crippen molar-refractivity contribution in [1.29, 1.82) is 0 Å². The summed E-state index contributed by atoms with van der Waals surface area (Å²) >= 11 is 0. The van der Waals surface area contributed by atoms with E-state index in [-0.39, 0.29) is 0 Å². The molecule has 2 nitrogen and oxygen atoms in total. The van der Waals surface area contributed by atoms with Crippen molar-refractivity contribution in [3.05, 3.63) is 35.8 Å². The highest BCUT2D eigenvalue weighted by molar-refractivity contribution is 5.43. The third-order valence-electron chi connectivity index (χ3n) is 4.29. The first-order valence-corrected chi connectivity index (χ1v) is 7.90. The number of pyridine rings is 1. The molecule has 3 rings (SSSR count). The van der Waals surface area contributed by atoms with Gasteiger partial charge in [-0.15, -0.1) is 0 Å². The summed E-state index contributed by atoms with van der Waals surface area (Å²) in [5, 5.41) is 0. The lowest BCUT2D eigenvalue weighted by Crippen LogP contribution is -1.99. The Morgan fingerprint density at radius 2 is 1.47 bits per heavy atom. The standard InChI is InChI=1S/C17H24N2/c1-2-4-6-8-12-16-15(11-7-5-3-1)18-17-13-9-10-14-19(16)17/h9-10,13-14H,1-8,11-12H2. The molecule has 0 spiro atoms. The molecule has 0 bridgehead atoms. The number of aryl methyl sites for hydroxylation is 2. The Labute approximate surface area is 115 Å². The lowest BCUT2D eigenvalue weighted by atomic mass is 10.0. The molecule has 2 aromatic heterocycles. The third kappa shape index (κ3) is 2.99. The first-order chi connectivity index (χ1) is 9.45. The molecule has 0 radical (unpaired) electrons. The second-order valence-corrected chi connectivity index (χ2v) is 5.76. The van der Waals surface area contributed by atoms with Gasteiger partial charge in [0, 0.05) is 11.9 Å². The van der Waals surface area contributed by atoms with Crippen molar-refractivity contribution in [2.24, 2.45) is 0 Å². The molecule has 0 unspecified atom stereocenters. The smallest absolute Gasteiger partial charge is 0.137 e. The first-order valence-electron chi connectivity index (χ1n) is 7.90. The van der Waals surface area contributed by atoms with Crippen molar-refractivity contribution in [1.82, 2.24) is 9.38 Å². The molecule has 2 aromatic rings. The molecular formula is C17H24N2. The molecule has 102 valence electrons. The number of aromatic nitrogens is 2. The fraction of sp³-hybridized carbons (Fsp3) is 0.588. The molecule has 0 aliphatic heterocycles. The van der Waals surface area contributed by atoms with Crippen LogP contribution >= 0.6 is 0 Å². The Bertz CT molecular complexity index is 527. The molecule has 0 amide bonds. The van der Waals surface area contributed by atoms with Crippen LogP contribution in [0.25, 0.3) is 5.65 Å². The average molecular weight is 256 g/mol. The van der Waals surface area contributed by atoms with Crippen molar-refractivity contribution in [2.75, 3.05) is 0 Å². The van der Waals surface area contributed by atoms with Crippen molar-refractivity contribution in [2.45, 2.75) is 64.2 Å². The maximum absolute atomic E-state index is 4.84. The van der Waals surface area contributed by atoms with E-state index in [1.807, 2.05) is 0 Å². The largest absolute Gasteiger partial charge is 0.304 e. The maximum atomic E-state index is 4.84. The van der Waals surface area contributed by atoms with Gasteiger partial charge in [0.25, 0.3) is 0 Å². The Balaban J connectivity index is 1.87. The summed E-state index contributed by atoms with van der Waals surface area (Å²) in [6.07, 6.45) is 15.6. The Kier molecular flexibility index (Phi) is 4.16. The SMILES string of the molecule is c1ccn2c3c(nc2c1)CCCCCCCCCC3. The fourth-order valence-electron chi connectivity index (χ4n) is 3.21. The van der Waals surface area contributed by atoms with Gasteiger partial charge in [0.05, 0.1) is 5.69 Å². The zero-order valence-electron chi connectivity index (χ0n) is 11.8. The summed E-state index contributed by atoms with van der Waals surface area (Å²) < 4.78 is 2.31. The molecule has 1 aliphatic rings. The fourth-order valence-corrected chi connectivity index (χ4v) is 3.21. The van der Waals surface area contributed by atoms with Crippen molar-refractivity contribution < 1.29 is 0 Å². The minimum atomic E-state index is 1.13. The second kappa shape index (κ2) is 6.23. The number of rotatable bonds is 0. The minimum absolute atomic E-state index is 1.13. The van der Waals surface area contributed by atoms with Crippen LogP contribution in [-0.4, -0.2) is 9.38 Å². The lowest BCUT2D eigenvalue weighted by molar-refractivity contribution is 0.555.